The smallest absolute Gasteiger partial charge is 0.222 e. The molecule has 0 radical (unpaired) electrons. The third-order valence-electron chi connectivity index (χ3n) is 5.80. The second-order valence-electron chi connectivity index (χ2n) is 8.08. The lowest BCUT2D eigenvalue weighted by molar-refractivity contribution is -0.128. The molecule has 1 amide bonds. The van der Waals surface area contributed by atoms with Gasteiger partial charge in [0.15, 0.2) is 5.96 Å². The number of hydrogen-bond donors (Lipinski definition) is 2. The molecule has 1 saturated heterocycles. The van der Waals surface area contributed by atoms with Crippen molar-refractivity contribution < 1.29 is 4.79 Å². The molecule has 0 atom stereocenters. The van der Waals surface area contributed by atoms with E-state index in [9.17, 15) is 4.79 Å². The lowest BCUT2D eigenvalue weighted by atomic mass is 10.1. The number of nitrogens with one attached hydrogen (secondary N) is 2. The van der Waals surface area contributed by atoms with Crippen molar-refractivity contribution in [2.45, 2.75) is 46.2 Å². The summed E-state index contributed by atoms with van der Waals surface area (Å²) in [5, 5.41) is 6.82. The third kappa shape index (κ3) is 7.01. The minimum absolute atomic E-state index is 0.259. The Morgan fingerprint density at radius 1 is 1.03 bits per heavy atom. The number of amides is 1. The average molecular weight is 436 g/mol. The van der Waals surface area contributed by atoms with Crippen LogP contribution in [-0.2, 0) is 17.9 Å². The molecule has 1 aliphatic heterocycles. The number of anilines is 1. The maximum Gasteiger partial charge on any atom is 0.222 e. The lowest BCUT2D eigenvalue weighted by Gasteiger charge is -2.23. The number of benzene rings is 2. The third-order valence-corrected chi connectivity index (χ3v) is 5.80. The van der Waals surface area contributed by atoms with Crippen molar-refractivity contribution in [1.29, 1.82) is 0 Å². The van der Waals surface area contributed by atoms with Crippen LogP contribution in [0, 0.1) is 0 Å². The van der Waals surface area contributed by atoms with E-state index in [-0.39, 0.29) is 5.91 Å². The zero-order valence-corrected chi connectivity index (χ0v) is 19.5. The van der Waals surface area contributed by atoms with Crippen molar-refractivity contribution in [3.05, 3.63) is 65.7 Å². The summed E-state index contributed by atoms with van der Waals surface area (Å²) in [6.07, 6.45) is 2.67. The Hall–Kier alpha value is -3.02. The minimum Gasteiger partial charge on any atom is -0.372 e. The number of aliphatic imine (C=N–C) groups is 1. The molecule has 0 bridgehead atoms. The predicted octanol–water partition coefficient (Wildman–Crippen LogP) is 3.78. The first-order valence-electron chi connectivity index (χ1n) is 11.9. The molecule has 2 N–H and O–H groups in total. The minimum atomic E-state index is 0.259. The number of carbonyl (C=O) groups excluding carboxylic acids is 1. The molecule has 0 aromatic heterocycles. The molecule has 32 heavy (non-hydrogen) atoms. The molecule has 1 aliphatic rings. The molecule has 1 fully saturated rings. The van der Waals surface area contributed by atoms with Gasteiger partial charge in [0.25, 0.3) is 0 Å². The van der Waals surface area contributed by atoms with Crippen molar-refractivity contribution in [2.24, 2.45) is 4.99 Å². The van der Waals surface area contributed by atoms with E-state index in [1.54, 1.807) is 0 Å². The van der Waals surface area contributed by atoms with Crippen LogP contribution in [0.15, 0.2) is 59.6 Å². The van der Waals surface area contributed by atoms with Gasteiger partial charge < -0.3 is 20.4 Å². The van der Waals surface area contributed by atoms with E-state index in [0.717, 1.165) is 51.5 Å². The van der Waals surface area contributed by atoms with Crippen molar-refractivity contribution in [3.8, 4) is 0 Å². The van der Waals surface area contributed by atoms with Crippen LogP contribution in [0.25, 0.3) is 0 Å². The van der Waals surface area contributed by atoms with Gasteiger partial charge in [-0.3, -0.25) is 4.79 Å². The van der Waals surface area contributed by atoms with Gasteiger partial charge in [0.1, 0.15) is 0 Å². The van der Waals surface area contributed by atoms with Gasteiger partial charge in [-0.05, 0) is 49.9 Å². The molecule has 3 rings (SSSR count). The zero-order chi connectivity index (χ0) is 22.6. The molecule has 0 spiro atoms. The van der Waals surface area contributed by atoms with Crippen LogP contribution in [0.4, 0.5) is 5.69 Å². The number of carbonyl (C=O) groups is 1. The number of rotatable bonds is 11. The number of likely N-dealkylation sites (tertiary alicyclic amines) is 1. The van der Waals surface area contributed by atoms with Gasteiger partial charge in [0.05, 0.1) is 6.54 Å². The van der Waals surface area contributed by atoms with E-state index in [1.165, 1.54) is 16.8 Å². The Morgan fingerprint density at radius 3 is 2.47 bits per heavy atom. The molecule has 2 aromatic rings. The summed E-state index contributed by atoms with van der Waals surface area (Å²) in [6.45, 7) is 10.1. The molecule has 0 saturated carbocycles. The zero-order valence-electron chi connectivity index (χ0n) is 19.5. The summed E-state index contributed by atoms with van der Waals surface area (Å²) in [5.41, 5.74) is 3.62. The van der Waals surface area contributed by atoms with Gasteiger partial charge in [0.2, 0.25) is 5.91 Å². The second-order valence-corrected chi connectivity index (χ2v) is 8.08. The highest BCUT2D eigenvalue weighted by atomic mass is 16.2. The first-order chi connectivity index (χ1) is 15.7. The van der Waals surface area contributed by atoms with Gasteiger partial charge in [-0.2, -0.15) is 0 Å². The Bertz CT molecular complexity index is 868. The van der Waals surface area contributed by atoms with Crippen LogP contribution in [-0.4, -0.2) is 49.5 Å². The molecule has 6 nitrogen and oxygen atoms in total. The number of hydrogen-bond acceptors (Lipinski definition) is 3. The number of para-hydroxylation sites is 1. The highest BCUT2D eigenvalue weighted by Gasteiger charge is 2.20. The van der Waals surface area contributed by atoms with E-state index in [2.05, 4.69) is 71.8 Å². The average Bonchev–Trinajstić information content (AvgIpc) is 3.23. The molecule has 2 aromatic carbocycles. The van der Waals surface area contributed by atoms with Crippen molar-refractivity contribution in [3.63, 3.8) is 0 Å². The van der Waals surface area contributed by atoms with Crippen LogP contribution in [0.1, 0.15) is 44.2 Å². The van der Waals surface area contributed by atoms with Crippen LogP contribution in [0.3, 0.4) is 0 Å². The van der Waals surface area contributed by atoms with Gasteiger partial charge in [-0.25, -0.2) is 4.99 Å². The largest absolute Gasteiger partial charge is 0.372 e. The van der Waals surface area contributed by atoms with E-state index >= 15 is 0 Å². The summed E-state index contributed by atoms with van der Waals surface area (Å²) < 4.78 is 0. The lowest BCUT2D eigenvalue weighted by Crippen LogP contribution is -2.38. The summed E-state index contributed by atoms with van der Waals surface area (Å²) in [5.74, 6) is 1.09. The van der Waals surface area contributed by atoms with Crippen molar-refractivity contribution in [2.75, 3.05) is 37.6 Å². The summed E-state index contributed by atoms with van der Waals surface area (Å²) in [7, 11) is 0. The number of guanidine groups is 1. The molecule has 172 valence electrons. The number of nitrogens with zero attached hydrogens (tertiary/aromatic N) is 3. The van der Waals surface area contributed by atoms with Gasteiger partial charge >= 0.3 is 0 Å². The van der Waals surface area contributed by atoms with Crippen LogP contribution >= 0.6 is 0 Å². The maximum absolute atomic E-state index is 12.0. The van der Waals surface area contributed by atoms with Crippen LogP contribution < -0.4 is 15.5 Å². The molecule has 0 unspecified atom stereocenters. The monoisotopic (exact) mass is 435 g/mol. The second kappa shape index (κ2) is 12.7. The van der Waals surface area contributed by atoms with E-state index in [1.807, 2.05) is 17.0 Å². The fraction of sp³-hybridized carbons (Fsp3) is 0.462. The van der Waals surface area contributed by atoms with Crippen molar-refractivity contribution >= 4 is 17.6 Å². The molecule has 6 heteroatoms. The Labute approximate surface area is 192 Å². The van der Waals surface area contributed by atoms with Crippen LogP contribution in [0.5, 0.6) is 0 Å². The van der Waals surface area contributed by atoms with Crippen LogP contribution in [0.2, 0.25) is 0 Å². The topological polar surface area (TPSA) is 60.0 Å². The summed E-state index contributed by atoms with van der Waals surface area (Å²) in [4.78, 5) is 21.2. The first-order valence-corrected chi connectivity index (χ1v) is 11.9. The predicted molar refractivity (Wildman–Crippen MR) is 133 cm³/mol. The standard InChI is InChI=1S/C26H37N5O/c1-3-27-26(28-17-11-19-30(4-2)24-14-6-5-7-15-24)29-20-22-12-8-9-13-23(22)21-31-18-10-16-25(31)32/h5-9,12-15H,3-4,10-11,16-21H2,1-2H3,(H2,27,28,29). The van der Waals surface area contributed by atoms with Gasteiger partial charge in [-0.1, -0.05) is 42.5 Å². The summed E-state index contributed by atoms with van der Waals surface area (Å²) >= 11 is 0. The maximum atomic E-state index is 12.0. The first kappa shape index (κ1) is 23.6. The Kier molecular flexibility index (Phi) is 9.41. The van der Waals surface area contributed by atoms with Gasteiger partial charge in [-0.15, -0.1) is 0 Å². The normalized spacial score (nSPS) is 14.0. The highest BCUT2D eigenvalue weighted by Crippen LogP contribution is 2.18. The fourth-order valence-corrected chi connectivity index (χ4v) is 4.03. The van der Waals surface area contributed by atoms with E-state index < -0.39 is 0 Å². The van der Waals surface area contributed by atoms with E-state index in [0.29, 0.717) is 19.5 Å². The highest BCUT2D eigenvalue weighted by molar-refractivity contribution is 5.79. The Balaban J connectivity index is 1.53. The fourth-order valence-electron chi connectivity index (χ4n) is 4.03. The Morgan fingerprint density at radius 2 is 1.78 bits per heavy atom. The molecule has 1 heterocycles. The molecular weight excluding hydrogens is 398 g/mol. The van der Waals surface area contributed by atoms with Gasteiger partial charge in [0, 0.05) is 51.4 Å². The molecular formula is C26H37N5O. The summed E-state index contributed by atoms with van der Waals surface area (Å²) in [6, 6.07) is 18.9. The molecule has 0 aliphatic carbocycles. The SMILES string of the molecule is CCNC(=NCc1ccccc1CN1CCCC1=O)NCCCN(CC)c1ccccc1. The van der Waals surface area contributed by atoms with E-state index in [4.69, 9.17) is 4.99 Å². The van der Waals surface area contributed by atoms with Crippen molar-refractivity contribution in [1.82, 2.24) is 15.5 Å². The quantitative estimate of drug-likeness (QED) is 0.320.